The van der Waals surface area contributed by atoms with Crippen LogP contribution in [0.3, 0.4) is 0 Å². The monoisotopic (exact) mass is 258 g/mol. The third kappa shape index (κ3) is 7.61. The fourth-order valence-corrected chi connectivity index (χ4v) is 2.18. The van der Waals surface area contributed by atoms with Crippen molar-refractivity contribution in [3.05, 3.63) is 47.5 Å². The lowest BCUT2D eigenvalue weighted by atomic mass is 9.96. The second-order valence-corrected chi connectivity index (χ2v) is 5.69. The molecule has 0 aliphatic carbocycles. The van der Waals surface area contributed by atoms with Gasteiger partial charge in [0.1, 0.15) is 5.78 Å². The van der Waals surface area contributed by atoms with Gasteiger partial charge in [0.25, 0.3) is 0 Å². The van der Waals surface area contributed by atoms with Gasteiger partial charge in [0.05, 0.1) is 0 Å². The van der Waals surface area contributed by atoms with Crippen molar-refractivity contribution < 1.29 is 4.79 Å². The zero-order valence-electron chi connectivity index (χ0n) is 12.5. The number of Topliss-reactive ketones (excluding diaryl/α,β-unsaturated/α-hetero) is 1. The molecule has 0 aromatic heterocycles. The number of hydrogen-bond acceptors (Lipinski definition) is 1. The topological polar surface area (TPSA) is 17.1 Å². The van der Waals surface area contributed by atoms with Crippen LogP contribution in [-0.4, -0.2) is 5.78 Å². The summed E-state index contributed by atoms with van der Waals surface area (Å²) in [4.78, 5) is 11.9. The second kappa shape index (κ2) is 8.68. The van der Waals surface area contributed by atoms with E-state index in [1.165, 1.54) is 11.1 Å². The van der Waals surface area contributed by atoms with Crippen molar-refractivity contribution in [2.45, 2.75) is 52.9 Å². The van der Waals surface area contributed by atoms with Gasteiger partial charge in [0, 0.05) is 12.8 Å². The lowest BCUT2D eigenvalue weighted by Crippen LogP contribution is -2.06. The molecule has 19 heavy (non-hydrogen) atoms. The molecule has 0 spiro atoms. The summed E-state index contributed by atoms with van der Waals surface area (Å²) in [6.45, 7) is 6.42. The first kappa shape index (κ1) is 15.7. The zero-order valence-corrected chi connectivity index (χ0v) is 12.5. The first-order valence-corrected chi connectivity index (χ1v) is 7.27. The Kier molecular flexibility index (Phi) is 7.17. The fraction of sp³-hybridized carbons (Fsp3) is 0.500. The van der Waals surface area contributed by atoms with Crippen LogP contribution in [0.25, 0.3) is 0 Å². The summed E-state index contributed by atoms with van der Waals surface area (Å²) >= 11 is 0. The molecule has 0 amide bonds. The summed E-state index contributed by atoms with van der Waals surface area (Å²) in [5.74, 6) is 0.896. The molecule has 1 atom stereocenters. The average Bonchev–Trinajstić information content (AvgIpc) is 2.37. The van der Waals surface area contributed by atoms with Crippen molar-refractivity contribution in [2.75, 3.05) is 0 Å². The van der Waals surface area contributed by atoms with Crippen LogP contribution >= 0.6 is 0 Å². The molecule has 0 heterocycles. The molecule has 0 N–H and O–H groups in total. The predicted octanol–water partition coefficient (Wildman–Crippen LogP) is 4.96. The number of rotatable bonds is 8. The summed E-state index contributed by atoms with van der Waals surface area (Å²) in [6, 6.07) is 10.2. The molecule has 1 unspecified atom stereocenters. The number of benzene rings is 1. The summed E-state index contributed by atoms with van der Waals surface area (Å²) in [6.07, 6.45) is 6.74. The molecule has 0 aliphatic heterocycles. The molecule has 0 saturated carbocycles. The Morgan fingerprint density at radius 3 is 2.53 bits per heavy atom. The molecule has 104 valence electrons. The molecule has 1 aromatic carbocycles. The van der Waals surface area contributed by atoms with Crippen molar-refractivity contribution in [2.24, 2.45) is 5.92 Å². The van der Waals surface area contributed by atoms with Gasteiger partial charge in [0.2, 0.25) is 0 Å². The third-order valence-electron chi connectivity index (χ3n) is 3.32. The number of carbonyl (C=O) groups is 1. The average molecular weight is 258 g/mol. The van der Waals surface area contributed by atoms with E-state index in [1.807, 2.05) is 18.2 Å². The van der Waals surface area contributed by atoms with Gasteiger partial charge in [-0.2, -0.15) is 0 Å². The van der Waals surface area contributed by atoms with Gasteiger partial charge in [-0.1, -0.05) is 48.9 Å². The highest BCUT2D eigenvalue weighted by atomic mass is 16.1. The molecule has 0 fully saturated rings. The Bertz CT molecular complexity index is 399. The Morgan fingerprint density at radius 2 is 1.89 bits per heavy atom. The minimum absolute atomic E-state index is 0.397. The predicted molar refractivity (Wildman–Crippen MR) is 82.2 cm³/mol. The van der Waals surface area contributed by atoms with Crippen LogP contribution in [0.5, 0.6) is 0 Å². The quantitative estimate of drug-likeness (QED) is 0.602. The van der Waals surface area contributed by atoms with Crippen molar-refractivity contribution in [3.63, 3.8) is 0 Å². The maximum absolute atomic E-state index is 11.9. The summed E-state index contributed by atoms with van der Waals surface area (Å²) < 4.78 is 0. The number of allylic oxidation sites excluding steroid dienone is 2. The van der Waals surface area contributed by atoms with Crippen LogP contribution in [0.1, 0.15) is 52.0 Å². The van der Waals surface area contributed by atoms with Gasteiger partial charge in [-0.3, -0.25) is 4.79 Å². The molecule has 1 heteroatoms. The maximum atomic E-state index is 11.9. The number of aryl methyl sites for hydroxylation is 1. The maximum Gasteiger partial charge on any atom is 0.133 e. The molecule has 0 saturated heterocycles. The highest BCUT2D eigenvalue weighted by Gasteiger charge is 2.08. The Hall–Kier alpha value is -1.37. The van der Waals surface area contributed by atoms with E-state index in [0.717, 1.165) is 25.7 Å². The Balaban J connectivity index is 2.22. The Labute approximate surface area is 117 Å². The molecule has 1 rings (SSSR count). The van der Waals surface area contributed by atoms with Crippen LogP contribution < -0.4 is 0 Å². The van der Waals surface area contributed by atoms with E-state index in [4.69, 9.17) is 0 Å². The number of hydrogen-bond donors (Lipinski definition) is 0. The van der Waals surface area contributed by atoms with E-state index >= 15 is 0 Å². The highest BCUT2D eigenvalue weighted by Crippen LogP contribution is 2.14. The van der Waals surface area contributed by atoms with Crippen LogP contribution in [0.15, 0.2) is 42.0 Å². The van der Waals surface area contributed by atoms with Crippen molar-refractivity contribution in [1.29, 1.82) is 0 Å². The van der Waals surface area contributed by atoms with E-state index < -0.39 is 0 Å². The zero-order chi connectivity index (χ0) is 14.1. The lowest BCUT2D eigenvalue weighted by molar-refractivity contribution is -0.119. The van der Waals surface area contributed by atoms with Gasteiger partial charge < -0.3 is 0 Å². The van der Waals surface area contributed by atoms with Crippen LogP contribution in [-0.2, 0) is 11.2 Å². The van der Waals surface area contributed by atoms with Gasteiger partial charge in [-0.05, 0) is 44.6 Å². The number of carbonyl (C=O) groups excluding carboxylic acids is 1. The highest BCUT2D eigenvalue weighted by molar-refractivity contribution is 5.78. The number of ketones is 1. The standard InChI is InChI=1S/C18H26O/c1-15(2)8-7-9-16(3)14-18(19)13-12-17-10-5-4-6-11-17/h4-6,8,10-11,16H,7,9,12-14H2,1-3H3. The fourth-order valence-electron chi connectivity index (χ4n) is 2.18. The van der Waals surface area contributed by atoms with Crippen LogP contribution in [0.4, 0.5) is 0 Å². The lowest BCUT2D eigenvalue weighted by Gasteiger charge is -2.09. The van der Waals surface area contributed by atoms with E-state index in [9.17, 15) is 4.79 Å². The molecule has 0 aliphatic rings. The first-order valence-electron chi connectivity index (χ1n) is 7.27. The van der Waals surface area contributed by atoms with E-state index in [-0.39, 0.29) is 0 Å². The van der Waals surface area contributed by atoms with Gasteiger partial charge >= 0.3 is 0 Å². The van der Waals surface area contributed by atoms with Crippen molar-refractivity contribution >= 4 is 5.78 Å². The third-order valence-corrected chi connectivity index (χ3v) is 3.32. The van der Waals surface area contributed by atoms with Crippen molar-refractivity contribution in [1.82, 2.24) is 0 Å². The van der Waals surface area contributed by atoms with Gasteiger partial charge in [0.15, 0.2) is 0 Å². The van der Waals surface area contributed by atoms with Gasteiger partial charge in [-0.15, -0.1) is 0 Å². The largest absolute Gasteiger partial charge is 0.300 e. The second-order valence-electron chi connectivity index (χ2n) is 5.69. The molecule has 1 nitrogen and oxygen atoms in total. The molecule has 0 bridgehead atoms. The summed E-state index contributed by atoms with van der Waals surface area (Å²) in [7, 11) is 0. The van der Waals surface area contributed by atoms with Crippen LogP contribution in [0, 0.1) is 5.92 Å². The van der Waals surface area contributed by atoms with E-state index in [2.05, 4.69) is 39.0 Å². The molecular weight excluding hydrogens is 232 g/mol. The molecular formula is C18H26O. The van der Waals surface area contributed by atoms with E-state index in [1.54, 1.807) is 0 Å². The summed E-state index contributed by atoms with van der Waals surface area (Å²) in [5.41, 5.74) is 2.62. The first-order chi connectivity index (χ1) is 9.08. The van der Waals surface area contributed by atoms with E-state index in [0.29, 0.717) is 18.1 Å². The Morgan fingerprint density at radius 1 is 1.21 bits per heavy atom. The van der Waals surface area contributed by atoms with Gasteiger partial charge in [-0.25, -0.2) is 0 Å². The normalized spacial score (nSPS) is 11.9. The summed E-state index contributed by atoms with van der Waals surface area (Å²) in [5, 5.41) is 0. The minimum atomic E-state index is 0.397. The molecule has 1 aromatic rings. The minimum Gasteiger partial charge on any atom is -0.300 e. The smallest absolute Gasteiger partial charge is 0.133 e. The van der Waals surface area contributed by atoms with Crippen LogP contribution in [0.2, 0.25) is 0 Å². The molecule has 0 radical (unpaired) electrons. The SMILES string of the molecule is CC(C)=CCCC(C)CC(=O)CCc1ccccc1. The van der Waals surface area contributed by atoms with Crippen molar-refractivity contribution in [3.8, 4) is 0 Å².